The molecule has 0 aliphatic heterocycles. The zero-order valence-electron chi connectivity index (χ0n) is 12.4. The van der Waals surface area contributed by atoms with Crippen LogP contribution >= 0.6 is 0 Å². The summed E-state index contributed by atoms with van der Waals surface area (Å²) >= 11 is 0. The third-order valence-electron chi connectivity index (χ3n) is 3.43. The van der Waals surface area contributed by atoms with Crippen LogP contribution in [0.5, 0.6) is 5.75 Å². The average Bonchev–Trinajstić information content (AvgIpc) is 2.36. The van der Waals surface area contributed by atoms with Crippen LogP contribution in [0.1, 0.15) is 44.2 Å². The summed E-state index contributed by atoms with van der Waals surface area (Å²) in [4.78, 5) is 0. The normalized spacial score (nSPS) is 14.3. The summed E-state index contributed by atoms with van der Waals surface area (Å²) in [7, 11) is 2.02. The highest BCUT2D eigenvalue weighted by Crippen LogP contribution is 2.22. The lowest BCUT2D eigenvalue weighted by Gasteiger charge is -2.27. The molecule has 0 heterocycles. The Bertz CT molecular complexity index is 362. The molecule has 0 saturated heterocycles. The quantitative estimate of drug-likeness (QED) is 0.792. The number of aryl methyl sites for hydroxylation is 2. The van der Waals surface area contributed by atoms with Crippen molar-refractivity contribution in [1.82, 2.24) is 5.32 Å². The van der Waals surface area contributed by atoms with E-state index in [9.17, 15) is 0 Å². The van der Waals surface area contributed by atoms with Crippen molar-refractivity contribution in [2.45, 2.75) is 59.1 Å². The van der Waals surface area contributed by atoms with Crippen LogP contribution < -0.4 is 10.1 Å². The van der Waals surface area contributed by atoms with E-state index in [2.05, 4.69) is 51.2 Å². The standard InChI is InChI=1S/C16H27NO/c1-6-8-14(17-5)15(7-2)18-16-10-9-12(3)11-13(16)4/h9-11,14-15,17H,6-8H2,1-5H3. The van der Waals surface area contributed by atoms with Crippen LogP contribution in [0, 0.1) is 13.8 Å². The van der Waals surface area contributed by atoms with Gasteiger partial charge < -0.3 is 10.1 Å². The van der Waals surface area contributed by atoms with Gasteiger partial charge in [0.05, 0.1) is 0 Å². The van der Waals surface area contributed by atoms with Gasteiger partial charge in [-0.25, -0.2) is 0 Å². The summed E-state index contributed by atoms with van der Waals surface area (Å²) in [6, 6.07) is 6.81. The molecule has 0 bridgehead atoms. The van der Waals surface area contributed by atoms with Crippen LogP contribution in [0.3, 0.4) is 0 Å². The van der Waals surface area contributed by atoms with Crippen molar-refractivity contribution in [3.05, 3.63) is 29.3 Å². The third kappa shape index (κ3) is 4.02. The minimum absolute atomic E-state index is 0.247. The SMILES string of the molecule is CCCC(NC)C(CC)Oc1ccc(C)cc1C. The lowest BCUT2D eigenvalue weighted by atomic mass is 10.0. The zero-order chi connectivity index (χ0) is 13.5. The molecule has 2 atom stereocenters. The minimum Gasteiger partial charge on any atom is -0.489 e. The number of nitrogens with one attached hydrogen (secondary N) is 1. The Morgan fingerprint density at radius 1 is 1.22 bits per heavy atom. The molecule has 0 aliphatic rings. The van der Waals surface area contributed by atoms with Gasteiger partial charge in [0.1, 0.15) is 11.9 Å². The van der Waals surface area contributed by atoms with Crippen molar-refractivity contribution in [3.8, 4) is 5.75 Å². The Hall–Kier alpha value is -1.02. The van der Waals surface area contributed by atoms with Crippen LogP contribution in [0.4, 0.5) is 0 Å². The monoisotopic (exact) mass is 249 g/mol. The van der Waals surface area contributed by atoms with Crippen LogP contribution in [-0.4, -0.2) is 19.2 Å². The molecule has 0 radical (unpaired) electrons. The van der Waals surface area contributed by atoms with Crippen LogP contribution in [0.15, 0.2) is 18.2 Å². The van der Waals surface area contributed by atoms with Crippen molar-refractivity contribution in [3.63, 3.8) is 0 Å². The van der Waals surface area contributed by atoms with Crippen molar-refractivity contribution >= 4 is 0 Å². The highest BCUT2D eigenvalue weighted by molar-refractivity contribution is 5.35. The van der Waals surface area contributed by atoms with E-state index in [1.54, 1.807) is 0 Å². The molecule has 102 valence electrons. The average molecular weight is 249 g/mol. The van der Waals surface area contributed by atoms with Gasteiger partial charge in [-0.3, -0.25) is 0 Å². The lowest BCUT2D eigenvalue weighted by molar-refractivity contribution is 0.146. The summed E-state index contributed by atoms with van der Waals surface area (Å²) in [5.41, 5.74) is 2.51. The van der Waals surface area contributed by atoms with Gasteiger partial charge in [-0.1, -0.05) is 38.0 Å². The van der Waals surface area contributed by atoms with E-state index in [0.717, 1.165) is 18.6 Å². The highest BCUT2D eigenvalue weighted by atomic mass is 16.5. The first kappa shape index (κ1) is 15.0. The first-order chi connectivity index (χ1) is 8.62. The molecule has 2 unspecified atom stereocenters. The Morgan fingerprint density at radius 3 is 2.44 bits per heavy atom. The molecule has 0 aliphatic carbocycles. The van der Waals surface area contributed by atoms with E-state index >= 15 is 0 Å². The maximum atomic E-state index is 6.19. The largest absolute Gasteiger partial charge is 0.489 e. The number of hydrogen-bond donors (Lipinski definition) is 1. The Labute approximate surface area is 112 Å². The fourth-order valence-electron chi connectivity index (χ4n) is 2.37. The van der Waals surface area contributed by atoms with Gasteiger partial charge >= 0.3 is 0 Å². The van der Waals surface area contributed by atoms with E-state index in [-0.39, 0.29) is 6.10 Å². The first-order valence-electron chi connectivity index (χ1n) is 7.03. The van der Waals surface area contributed by atoms with Crippen molar-refractivity contribution in [2.24, 2.45) is 0 Å². The first-order valence-corrected chi connectivity index (χ1v) is 7.03. The van der Waals surface area contributed by atoms with E-state index in [0.29, 0.717) is 6.04 Å². The van der Waals surface area contributed by atoms with Crippen molar-refractivity contribution < 1.29 is 4.74 Å². The van der Waals surface area contributed by atoms with Gasteiger partial charge in [0.2, 0.25) is 0 Å². The summed E-state index contributed by atoms with van der Waals surface area (Å²) in [5.74, 6) is 1.02. The Kier molecular flexibility index (Phi) is 6.20. The number of benzene rings is 1. The minimum atomic E-state index is 0.247. The molecular formula is C16H27NO. The molecule has 0 spiro atoms. The van der Waals surface area contributed by atoms with E-state index in [4.69, 9.17) is 4.74 Å². The van der Waals surface area contributed by atoms with Gasteiger partial charge in [0.25, 0.3) is 0 Å². The Balaban J connectivity index is 2.78. The molecule has 18 heavy (non-hydrogen) atoms. The summed E-state index contributed by atoms with van der Waals surface area (Å²) in [5, 5.41) is 3.38. The van der Waals surface area contributed by atoms with Gasteiger partial charge in [0, 0.05) is 6.04 Å². The van der Waals surface area contributed by atoms with Crippen LogP contribution in [0.2, 0.25) is 0 Å². The second-order valence-corrected chi connectivity index (χ2v) is 5.02. The predicted molar refractivity (Wildman–Crippen MR) is 78.4 cm³/mol. The fourth-order valence-corrected chi connectivity index (χ4v) is 2.37. The second-order valence-electron chi connectivity index (χ2n) is 5.02. The van der Waals surface area contributed by atoms with Crippen LogP contribution in [-0.2, 0) is 0 Å². The molecule has 1 rings (SSSR count). The summed E-state index contributed by atoms with van der Waals surface area (Å²) in [6.45, 7) is 8.63. The number of rotatable bonds is 7. The second kappa shape index (κ2) is 7.42. The molecule has 2 heteroatoms. The van der Waals surface area contributed by atoms with E-state index < -0.39 is 0 Å². The van der Waals surface area contributed by atoms with Crippen molar-refractivity contribution in [2.75, 3.05) is 7.05 Å². The summed E-state index contributed by atoms with van der Waals surface area (Å²) in [6.07, 6.45) is 3.60. The molecule has 1 aromatic carbocycles. The smallest absolute Gasteiger partial charge is 0.122 e. The van der Waals surface area contributed by atoms with Gasteiger partial charge in [0.15, 0.2) is 0 Å². The molecule has 1 aromatic rings. The molecule has 2 nitrogen and oxygen atoms in total. The number of ether oxygens (including phenoxy) is 1. The number of hydrogen-bond acceptors (Lipinski definition) is 2. The maximum absolute atomic E-state index is 6.19. The van der Waals surface area contributed by atoms with Gasteiger partial charge in [-0.2, -0.15) is 0 Å². The van der Waals surface area contributed by atoms with E-state index in [1.165, 1.54) is 17.5 Å². The fraction of sp³-hybridized carbons (Fsp3) is 0.625. The van der Waals surface area contributed by atoms with Crippen LogP contribution in [0.25, 0.3) is 0 Å². The topological polar surface area (TPSA) is 21.3 Å². The summed E-state index contributed by atoms with van der Waals surface area (Å²) < 4.78 is 6.19. The molecule has 0 aromatic heterocycles. The maximum Gasteiger partial charge on any atom is 0.122 e. The van der Waals surface area contributed by atoms with E-state index in [1.807, 2.05) is 7.05 Å². The molecule has 0 saturated carbocycles. The molecule has 0 fully saturated rings. The highest BCUT2D eigenvalue weighted by Gasteiger charge is 2.19. The lowest BCUT2D eigenvalue weighted by Crippen LogP contribution is -2.40. The van der Waals surface area contributed by atoms with Gasteiger partial charge in [-0.15, -0.1) is 0 Å². The van der Waals surface area contributed by atoms with Gasteiger partial charge in [-0.05, 0) is 45.4 Å². The number of likely N-dealkylation sites (N-methyl/N-ethyl adjacent to an activating group) is 1. The zero-order valence-corrected chi connectivity index (χ0v) is 12.4. The third-order valence-corrected chi connectivity index (χ3v) is 3.43. The molecular weight excluding hydrogens is 222 g/mol. The van der Waals surface area contributed by atoms with Crippen molar-refractivity contribution in [1.29, 1.82) is 0 Å². The molecule has 1 N–H and O–H groups in total. The predicted octanol–water partition coefficient (Wildman–Crippen LogP) is 3.85. The Morgan fingerprint density at radius 2 is 1.94 bits per heavy atom. The molecule has 0 amide bonds.